The number of ether oxygens (including phenoxy) is 1. The Morgan fingerprint density at radius 3 is 2.35 bits per heavy atom. The number of amides is 2. The van der Waals surface area contributed by atoms with Crippen molar-refractivity contribution in [2.45, 2.75) is 6.92 Å². The second-order valence-electron chi connectivity index (χ2n) is 6.18. The van der Waals surface area contributed by atoms with Crippen LogP contribution in [0.25, 0.3) is 0 Å². The van der Waals surface area contributed by atoms with Gasteiger partial charge in [-0.25, -0.2) is 4.79 Å². The zero-order valence-corrected chi connectivity index (χ0v) is 16.3. The molecule has 1 heterocycles. The molecule has 26 heavy (non-hydrogen) atoms. The van der Waals surface area contributed by atoms with Crippen LogP contribution in [-0.2, 0) is 0 Å². The van der Waals surface area contributed by atoms with Crippen molar-refractivity contribution >= 4 is 40.6 Å². The number of carbonyl (C=O) groups is 1. The van der Waals surface area contributed by atoms with E-state index in [1.165, 1.54) is 0 Å². The summed E-state index contributed by atoms with van der Waals surface area (Å²) in [6.07, 6.45) is 0. The summed E-state index contributed by atoms with van der Waals surface area (Å²) in [4.78, 5) is 16.5. The van der Waals surface area contributed by atoms with Crippen LogP contribution in [0, 0.1) is 6.92 Å². The Morgan fingerprint density at radius 1 is 1.08 bits per heavy atom. The van der Waals surface area contributed by atoms with Crippen LogP contribution in [0.3, 0.4) is 0 Å². The Hall–Kier alpha value is -2.11. The predicted molar refractivity (Wildman–Crippen MR) is 107 cm³/mol. The topological polar surface area (TPSA) is 44.8 Å². The number of nitrogens with one attached hydrogen (secondary N) is 1. The van der Waals surface area contributed by atoms with E-state index in [-0.39, 0.29) is 6.03 Å². The van der Waals surface area contributed by atoms with Crippen molar-refractivity contribution in [2.24, 2.45) is 0 Å². The first-order valence-electron chi connectivity index (χ1n) is 8.39. The summed E-state index contributed by atoms with van der Waals surface area (Å²) in [5, 5.41) is 4.19. The zero-order valence-electron chi connectivity index (χ0n) is 14.8. The van der Waals surface area contributed by atoms with Gasteiger partial charge in [0, 0.05) is 26.2 Å². The molecule has 1 saturated heterocycles. The third kappa shape index (κ3) is 4.00. The highest BCUT2D eigenvalue weighted by molar-refractivity contribution is 6.39. The Morgan fingerprint density at radius 2 is 1.73 bits per heavy atom. The smallest absolute Gasteiger partial charge is 0.322 e. The number of hydrogen-bond donors (Lipinski definition) is 1. The Balaban J connectivity index is 1.65. The molecule has 5 nitrogen and oxygen atoms in total. The fourth-order valence-electron chi connectivity index (χ4n) is 3.04. The molecule has 1 N–H and O–H groups in total. The maximum absolute atomic E-state index is 12.6. The van der Waals surface area contributed by atoms with Gasteiger partial charge in [0.25, 0.3) is 0 Å². The van der Waals surface area contributed by atoms with Gasteiger partial charge in [-0.15, -0.1) is 0 Å². The fraction of sp³-hybridized carbons (Fsp3) is 0.316. The maximum atomic E-state index is 12.6. The number of halogens is 2. The summed E-state index contributed by atoms with van der Waals surface area (Å²) in [6, 6.07) is 11.0. The number of rotatable bonds is 3. The van der Waals surface area contributed by atoms with E-state index < -0.39 is 0 Å². The van der Waals surface area contributed by atoms with E-state index in [0.29, 0.717) is 47.7 Å². The minimum Gasteiger partial charge on any atom is -0.495 e. The van der Waals surface area contributed by atoms with Gasteiger partial charge in [-0.2, -0.15) is 0 Å². The van der Waals surface area contributed by atoms with E-state index in [4.69, 9.17) is 27.9 Å². The van der Waals surface area contributed by atoms with Gasteiger partial charge in [0.2, 0.25) is 0 Å². The molecule has 0 aromatic heterocycles. The quantitative estimate of drug-likeness (QED) is 0.823. The number of benzene rings is 2. The summed E-state index contributed by atoms with van der Waals surface area (Å²) in [5.41, 5.74) is 2.56. The van der Waals surface area contributed by atoms with Crippen LogP contribution >= 0.6 is 23.2 Å². The van der Waals surface area contributed by atoms with Gasteiger partial charge in [-0.1, -0.05) is 35.3 Å². The van der Waals surface area contributed by atoms with Crippen LogP contribution in [0.15, 0.2) is 36.4 Å². The minimum absolute atomic E-state index is 0.140. The van der Waals surface area contributed by atoms with Gasteiger partial charge in [0.05, 0.1) is 28.5 Å². The molecule has 0 bridgehead atoms. The Labute approximate surface area is 163 Å². The number of carbonyl (C=O) groups excluding carboxylic acids is 1. The molecule has 0 aliphatic carbocycles. The van der Waals surface area contributed by atoms with Crippen LogP contribution < -0.4 is 15.0 Å². The van der Waals surface area contributed by atoms with E-state index in [2.05, 4.69) is 10.2 Å². The third-order valence-electron chi connectivity index (χ3n) is 4.42. The van der Waals surface area contributed by atoms with Gasteiger partial charge in [0.1, 0.15) is 5.75 Å². The second-order valence-corrected chi connectivity index (χ2v) is 6.99. The van der Waals surface area contributed by atoms with Gasteiger partial charge >= 0.3 is 6.03 Å². The van der Waals surface area contributed by atoms with E-state index in [1.807, 2.05) is 43.3 Å². The first-order valence-corrected chi connectivity index (χ1v) is 9.14. The van der Waals surface area contributed by atoms with E-state index in [1.54, 1.807) is 12.0 Å². The molecule has 0 spiro atoms. The van der Waals surface area contributed by atoms with Crippen LogP contribution in [0.1, 0.15) is 5.56 Å². The molecular weight excluding hydrogens is 373 g/mol. The molecule has 1 aliphatic heterocycles. The standard InChI is InChI=1S/C19H21Cl2N3O2/c1-13-6-7-17(26-2)16(12-13)22-19(25)24-10-8-23(9-11-24)18-14(20)4-3-5-15(18)21/h3-7,12H,8-11H2,1-2H3,(H,22,25). The summed E-state index contributed by atoms with van der Waals surface area (Å²) in [7, 11) is 1.59. The highest BCUT2D eigenvalue weighted by Crippen LogP contribution is 2.34. The lowest BCUT2D eigenvalue weighted by Gasteiger charge is -2.36. The number of urea groups is 1. The number of nitrogens with zero attached hydrogens (tertiary/aromatic N) is 2. The molecule has 0 radical (unpaired) electrons. The Kier molecular flexibility index (Phi) is 5.79. The average molecular weight is 394 g/mol. The van der Waals surface area contributed by atoms with E-state index in [0.717, 1.165) is 11.3 Å². The molecular formula is C19H21Cl2N3O2. The van der Waals surface area contributed by atoms with Crippen LogP contribution in [0.5, 0.6) is 5.75 Å². The summed E-state index contributed by atoms with van der Waals surface area (Å²) >= 11 is 12.6. The fourth-order valence-corrected chi connectivity index (χ4v) is 3.67. The van der Waals surface area contributed by atoms with Gasteiger partial charge in [-0.05, 0) is 36.8 Å². The second kappa shape index (κ2) is 8.06. The third-order valence-corrected chi connectivity index (χ3v) is 5.03. The predicted octanol–water partition coefficient (Wildman–Crippen LogP) is 4.66. The van der Waals surface area contributed by atoms with Crippen LogP contribution in [-0.4, -0.2) is 44.2 Å². The highest BCUT2D eigenvalue weighted by Gasteiger charge is 2.24. The van der Waals surface area contributed by atoms with Gasteiger partial charge in [0.15, 0.2) is 0 Å². The normalized spacial score (nSPS) is 14.3. The molecule has 1 fully saturated rings. The van der Waals surface area contributed by atoms with Gasteiger partial charge < -0.3 is 19.9 Å². The van der Waals surface area contributed by atoms with Gasteiger partial charge in [-0.3, -0.25) is 0 Å². The molecule has 7 heteroatoms. The first-order chi connectivity index (χ1) is 12.5. The van der Waals surface area contributed by atoms with Crippen molar-refractivity contribution in [3.05, 3.63) is 52.0 Å². The van der Waals surface area contributed by atoms with Crippen molar-refractivity contribution in [3.8, 4) is 5.75 Å². The molecule has 2 amide bonds. The van der Waals surface area contributed by atoms with Crippen molar-refractivity contribution in [1.29, 1.82) is 0 Å². The number of methoxy groups -OCH3 is 1. The monoisotopic (exact) mass is 393 g/mol. The zero-order chi connectivity index (χ0) is 18.7. The van der Waals surface area contributed by atoms with Crippen molar-refractivity contribution in [2.75, 3.05) is 43.5 Å². The first kappa shape index (κ1) is 18.7. The summed E-state index contributed by atoms with van der Waals surface area (Å²) in [6.45, 7) is 4.48. The summed E-state index contributed by atoms with van der Waals surface area (Å²) in [5.74, 6) is 0.644. The lowest BCUT2D eigenvalue weighted by Crippen LogP contribution is -2.50. The molecule has 1 aliphatic rings. The highest BCUT2D eigenvalue weighted by atomic mass is 35.5. The van der Waals surface area contributed by atoms with E-state index in [9.17, 15) is 4.79 Å². The molecule has 2 aromatic carbocycles. The average Bonchev–Trinajstić information content (AvgIpc) is 2.62. The van der Waals surface area contributed by atoms with Crippen molar-refractivity contribution in [1.82, 2.24) is 4.90 Å². The molecule has 138 valence electrons. The number of hydrogen-bond acceptors (Lipinski definition) is 3. The number of aryl methyl sites for hydroxylation is 1. The number of anilines is 2. The number of piperazine rings is 1. The lowest BCUT2D eigenvalue weighted by molar-refractivity contribution is 0.208. The van der Waals surface area contributed by atoms with E-state index >= 15 is 0 Å². The van der Waals surface area contributed by atoms with Crippen molar-refractivity contribution < 1.29 is 9.53 Å². The largest absolute Gasteiger partial charge is 0.495 e. The van der Waals surface area contributed by atoms with Crippen LogP contribution in [0.4, 0.5) is 16.2 Å². The summed E-state index contributed by atoms with van der Waals surface area (Å²) < 4.78 is 5.32. The molecule has 0 atom stereocenters. The molecule has 0 unspecified atom stereocenters. The molecule has 0 saturated carbocycles. The minimum atomic E-state index is -0.140. The van der Waals surface area contributed by atoms with Crippen molar-refractivity contribution in [3.63, 3.8) is 0 Å². The Bertz CT molecular complexity index is 785. The molecule has 3 rings (SSSR count). The lowest BCUT2D eigenvalue weighted by atomic mass is 10.2. The number of para-hydroxylation sites is 1. The van der Waals surface area contributed by atoms with Crippen LogP contribution in [0.2, 0.25) is 10.0 Å². The SMILES string of the molecule is COc1ccc(C)cc1NC(=O)N1CCN(c2c(Cl)cccc2Cl)CC1. The maximum Gasteiger partial charge on any atom is 0.322 e. The molecule has 2 aromatic rings.